The molecular weight excluding hydrogens is 302 g/mol. The molecule has 1 amide bonds. The number of amides is 1. The van der Waals surface area contributed by atoms with Gasteiger partial charge in [-0.2, -0.15) is 0 Å². The number of guanidine groups is 1. The minimum Gasteiger partial charge on any atom is -0.354 e. The maximum Gasteiger partial charge on any atom is 0.252 e. The number of hydrogen-bond donors (Lipinski definition) is 2. The van der Waals surface area contributed by atoms with Gasteiger partial charge < -0.3 is 15.5 Å². The number of carbonyl (C=O) groups is 1. The second-order valence-corrected chi connectivity index (χ2v) is 5.31. The van der Waals surface area contributed by atoms with Gasteiger partial charge in [-0.05, 0) is 17.7 Å². The van der Waals surface area contributed by atoms with Crippen molar-refractivity contribution in [2.24, 2.45) is 4.99 Å². The third-order valence-electron chi connectivity index (χ3n) is 3.45. The molecule has 0 atom stereocenters. The van der Waals surface area contributed by atoms with Crippen LogP contribution in [0.25, 0.3) is 0 Å². The maximum atomic E-state index is 11.9. The number of aromatic nitrogens is 1. The molecule has 0 aliphatic carbocycles. The van der Waals surface area contributed by atoms with Gasteiger partial charge in [-0.1, -0.05) is 30.3 Å². The van der Waals surface area contributed by atoms with Gasteiger partial charge in [-0.25, -0.2) is 0 Å². The zero-order chi connectivity index (χ0) is 17.2. The molecule has 6 heteroatoms. The van der Waals surface area contributed by atoms with Crippen molar-refractivity contribution in [2.75, 3.05) is 27.2 Å². The summed E-state index contributed by atoms with van der Waals surface area (Å²) in [4.78, 5) is 22.2. The quantitative estimate of drug-likeness (QED) is 0.480. The van der Waals surface area contributed by atoms with E-state index in [1.807, 2.05) is 30.1 Å². The van der Waals surface area contributed by atoms with Gasteiger partial charge in [0.2, 0.25) is 0 Å². The number of nitrogens with zero attached hydrogens (tertiary/aromatic N) is 3. The number of hydrogen-bond acceptors (Lipinski definition) is 3. The summed E-state index contributed by atoms with van der Waals surface area (Å²) in [7, 11) is 3.73. The molecule has 0 aliphatic heterocycles. The van der Waals surface area contributed by atoms with Crippen LogP contribution in [0.15, 0.2) is 59.9 Å². The lowest BCUT2D eigenvalue weighted by atomic mass is 10.2. The summed E-state index contributed by atoms with van der Waals surface area (Å²) in [5.74, 6) is 0.659. The summed E-state index contributed by atoms with van der Waals surface area (Å²) < 4.78 is 0. The Labute approximate surface area is 142 Å². The van der Waals surface area contributed by atoms with E-state index in [1.54, 1.807) is 31.6 Å². The highest BCUT2D eigenvalue weighted by molar-refractivity contribution is 5.93. The second kappa shape index (κ2) is 9.29. The summed E-state index contributed by atoms with van der Waals surface area (Å²) in [5, 5.41) is 6.09. The molecule has 1 aromatic heterocycles. The van der Waals surface area contributed by atoms with Crippen molar-refractivity contribution in [1.29, 1.82) is 0 Å². The Hall–Kier alpha value is -2.89. The topological polar surface area (TPSA) is 69.6 Å². The van der Waals surface area contributed by atoms with Crippen molar-refractivity contribution < 1.29 is 4.79 Å². The highest BCUT2D eigenvalue weighted by Gasteiger charge is 2.07. The molecule has 0 saturated heterocycles. The van der Waals surface area contributed by atoms with E-state index >= 15 is 0 Å². The molecule has 6 nitrogen and oxygen atoms in total. The zero-order valence-electron chi connectivity index (χ0n) is 14.1. The molecule has 0 radical (unpaired) electrons. The third-order valence-corrected chi connectivity index (χ3v) is 3.45. The fraction of sp³-hybridized carbons (Fsp3) is 0.278. The van der Waals surface area contributed by atoms with Crippen LogP contribution >= 0.6 is 0 Å². The van der Waals surface area contributed by atoms with Gasteiger partial charge >= 0.3 is 0 Å². The van der Waals surface area contributed by atoms with Crippen LogP contribution in [0.3, 0.4) is 0 Å². The van der Waals surface area contributed by atoms with Gasteiger partial charge in [-0.3, -0.25) is 14.8 Å². The van der Waals surface area contributed by atoms with Crippen molar-refractivity contribution in [3.8, 4) is 0 Å². The van der Waals surface area contributed by atoms with Gasteiger partial charge in [0.1, 0.15) is 0 Å². The van der Waals surface area contributed by atoms with E-state index in [1.165, 1.54) is 5.56 Å². The smallest absolute Gasteiger partial charge is 0.252 e. The zero-order valence-corrected chi connectivity index (χ0v) is 14.1. The summed E-state index contributed by atoms with van der Waals surface area (Å²) >= 11 is 0. The first kappa shape index (κ1) is 17.5. The number of pyridine rings is 1. The van der Waals surface area contributed by atoms with E-state index in [9.17, 15) is 4.79 Å². The van der Waals surface area contributed by atoms with Gasteiger partial charge in [0.05, 0.1) is 5.56 Å². The van der Waals surface area contributed by atoms with Crippen LogP contribution in [-0.2, 0) is 6.54 Å². The average Bonchev–Trinajstić information content (AvgIpc) is 2.63. The number of carbonyl (C=O) groups excluding carboxylic acids is 1. The highest BCUT2D eigenvalue weighted by atomic mass is 16.1. The number of aliphatic imine (C=N–C) groups is 1. The summed E-state index contributed by atoms with van der Waals surface area (Å²) in [6.07, 6.45) is 3.19. The van der Waals surface area contributed by atoms with Crippen LogP contribution in [0.1, 0.15) is 15.9 Å². The summed E-state index contributed by atoms with van der Waals surface area (Å²) in [5.41, 5.74) is 1.77. The first-order chi connectivity index (χ1) is 11.7. The predicted molar refractivity (Wildman–Crippen MR) is 95.8 cm³/mol. The van der Waals surface area contributed by atoms with Gasteiger partial charge in [0, 0.05) is 46.1 Å². The monoisotopic (exact) mass is 325 g/mol. The van der Waals surface area contributed by atoms with Crippen LogP contribution in [0.4, 0.5) is 0 Å². The van der Waals surface area contributed by atoms with Crippen molar-refractivity contribution in [1.82, 2.24) is 20.5 Å². The molecule has 0 aliphatic rings. The van der Waals surface area contributed by atoms with Crippen molar-refractivity contribution in [2.45, 2.75) is 6.54 Å². The number of nitrogens with one attached hydrogen (secondary N) is 2. The van der Waals surface area contributed by atoms with Crippen LogP contribution < -0.4 is 10.6 Å². The SMILES string of the molecule is CN=C(NCCNC(=O)c1cccnc1)N(C)Cc1ccccc1. The highest BCUT2D eigenvalue weighted by Crippen LogP contribution is 2.02. The summed E-state index contributed by atoms with van der Waals surface area (Å²) in [6, 6.07) is 13.7. The maximum absolute atomic E-state index is 11.9. The molecule has 1 heterocycles. The van der Waals surface area contributed by atoms with Gasteiger partial charge in [0.15, 0.2) is 5.96 Å². The molecule has 0 bridgehead atoms. The molecule has 2 aromatic rings. The lowest BCUT2D eigenvalue weighted by Crippen LogP contribution is -2.42. The van der Waals surface area contributed by atoms with E-state index in [-0.39, 0.29) is 5.91 Å². The van der Waals surface area contributed by atoms with Crippen molar-refractivity contribution >= 4 is 11.9 Å². The Balaban J connectivity index is 1.74. The van der Waals surface area contributed by atoms with E-state index in [0.29, 0.717) is 18.7 Å². The molecule has 126 valence electrons. The second-order valence-electron chi connectivity index (χ2n) is 5.31. The fourth-order valence-electron chi connectivity index (χ4n) is 2.27. The lowest BCUT2D eigenvalue weighted by molar-refractivity contribution is 0.0954. The van der Waals surface area contributed by atoms with Crippen LogP contribution in [0.2, 0.25) is 0 Å². The average molecular weight is 325 g/mol. The van der Waals surface area contributed by atoms with Crippen molar-refractivity contribution in [3.05, 3.63) is 66.0 Å². The van der Waals surface area contributed by atoms with E-state index in [4.69, 9.17) is 0 Å². The van der Waals surface area contributed by atoms with Crippen molar-refractivity contribution in [3.63, 3.8) is 0 Å². The fourth-order valence-corrected chi connectivity index (χ4v) is 2.27. The van der Waals surface area contributed by atoms with Gasteiger partial charge in [-0.15, -0.1) is 0 Å². The van der Waals surface area contributed by atoms with Crippen LogP contribution in [0, 0.1) is 0 Å². The predicted octanol–water partition coefficient (Wildman–Crippen LogP) is 1.52. The first-order valence-electron chi connectivity index (χ1n) is 7.84. The van der Waals surface area contributed by atoms with E-state index in [2.05, 4.69) is 32.7 Å². The Morgan fingerprint density at radius 2 is 1.88 bits per heavy atom. The Kier molecular flexibility index (Phi) is 6.76. The normalized spacial score (nSPS) is 11.0. The van der Waals surface area contributed by atoms with E-state index in [0.717, 1.165) is 12.5 Å². The first-order valence-corrected chi connectivity index (χ1v) is 7.84. The molecule has 2 N–H and O–H groups in total. The molecular formula is C18H23N5O. The lowest BCUT2D eigenvalue weighted by Gasteiger charge is -2.22. The number of rotatable bonds is 6. The third kappa shape index (κ3) is 5.39. The molecule has 0 unspecified atom stereocenters. The molecule has 2 rings (SSSR count). The molecule has 1 aromatic carbocycles. The Bertz CT molecular complexity index is 658. The minimum atomic E-state index is -0.127. The summed E-state index contributed by atoms with van der Waals surface area (Å²) in [6.45, 7) is 1.87. The molecule has 0 fully saturated rings. The standard InChI is InChI=1S/C18H23N5O/c1-19-18(23(2)14-15-7-4-3-5-8-15)22-12-11-21-17(24)16-9-6-10-20-13-16/h3-10,13H,11-12,14H2,1-2H3,(H,19,22)(H,21,24). The van der Waals surface area contributed by atoms with E-state index < -0.39 is 0 Å². The largest absolute Gasteiger partial charge is 0.354 e. The Morgan fingerprint density at radius 1 is 1.12 bits per heavy atom. The molecule has 24 heavy (non-hydrogen) atoms. The minimum absolute atomic E-state index is 0.127. The van der Waals surface area contributed by atoms with Gasteiger partial charge in [0.25, 0.3) is 5.91 Å². The molecule has 0 saturated carbocycles. The molecule has 0 spiro atoms. The number of benzene rings is 1. The van der Waals surface area contributed by atoms with Crippen LogP contribution in [0.5, 0.6) is 0 Å². The van der Waals surface area contributed by atoms with Crippen LogP contribution in [-0.4, -0.2) is 48.9 Å². The Morgan fingerprint density at radius 3 is 2.54 bits per heavy atom.